The van der Waals surface area contributed by atoms with E-state index in [9.17, 15) is 0 Å². The van der Waals surface area contributed by atoms with Gasteiger partial charge in [-0.05, 0) is 41.9 Å². The lowest BCUT2D eigenvalue weighted by Gasteiger charge is -2.12. The SMILES string of the molecule is COc1nc(Br)ccc1OC(C)C. The summed E-state index contributed by atoms with van der Waals surface area (Å²) in [5.41, 5.74) is 0. The van der Waals surface area contributed by atoms with Crippen molar-refractivity contribution in [3.63, 3.8) is 0 Å². The van der Waals surface area contributed by atoms with E-state index >= 15 is 0 Å². The molecule has 0 atom stereocenters. The number of ether oxygens (including phenoxy) is 2. The van der Waals surface area contributed by atoms with Gasteiger partial charge in [-0.2, -0.15) is 0 Å². The van der Waals surface area contributed by atoms with Gasteiger partial charge in [-0.25, -0.2) is 4.98 Å². The molecular weight excluding hydrogens is 234 g/mol. The first-order valence-corrected chi connectivity index (χ1v) is 4.80. The maximum atomic E-state index is 5.48. The molecule has 0 amide bonds. The zero-order valence-corrected chi connectivity index (χ0v) is 9.46. The molecule has 1 aromatic rings. The van der Waals surface area contributed by atoms with Gasteiger partial charge in [0.05, 0.1) is 13.2 Å². The van der Waals surface area contributed by atoms with E-state index in [-0.39, 0.29) is 6.10 Å². The lowest BCUT2D eigenvalue weighted by Crippen LogP contribution is -2.07. The Morgan fingerprint density at radius 1 is 1.38 bits per heavy atom. The van der Waals surface area contributed by atoms with Gasteiger partial charge in [0.2, 0.25) is 0 Å². The Morgan fingerprint density at radius 2 is 2.08 bits per heavy atom. The molecule has 1 rings (SSSR count). The summed E-state index contributed by atoms with van der Waals surface area (Å²) in [6.07, 6.45) is 0.122. The molecule has 0 aromatic carbocycles. The summed E-state index contributed by atoms with van der Waals surface area (Å²) >= 11 is 3.26. The number of aromatic nitrogens is 1. The molecule has 0 fully saturated rings. The Labute approximate surface area is 86.2 Å². The molecule has 0 aliphatic heterocycles. The van der Waals surface area contributed by atoms with Gasteiger partial charge in [0.25, 0.3) is 5.88 Å². The van der Waals surface area contributed by atoms with E-state index in [2.05, 4.69) is 20.9 Å². The predicted octanol–water partition coefficient (Wildman–Crippen LogP) is 2.64. The number of halogens is 1. The van der Waals surface area contributed by atoms with Crippen LogP contribution >= 0.6 is 15.9 Å². The van der Waals surface area contributed by atoms with Crippen LogP contribution in [0.2, 0.25) is 0 Å². The van der Waals surface area contributed by atoms with Crippen LogP contribution in [0.15, 0.2) is 16.7 Å². The zero-order chi connectivity index (χ0) is 9.84. The summed E-state index contributed by atoms with van der Waals surface area (Å²) in [7, 11) is 1.57. The maximum absolute atomic E-state index is 5.48. The molecule has 72 valence electrons. The number of methoxy groups -OCH3 is 1. The van der Waals surface area contributed by atoms with Crippen molar-refractivity contribution in [2.24, 2.45) is 0 Å². The van der Waals surface area contributed by atoms with E-state index in [1.807, 2.05) is 26.0 Å². The summed E-state index contributed by atoms with van der Waals surface area (Å²) in [5.74, 6) is 1.17. The van der Waals surface area contributed by atoms with Crippen molar-refractivity contribution in [2.45, 2.75) is 20.0 Å². The fourth-order valence-corrected chi connectivity index (χ4v) is 1.19. The first kappa shape index (κ1) is 10.3. The van der Waals surface area contributed by atoms with Crippen LogP contribution in [0.5, 0.6) is 11.6 Å². The Kier molecular flexibility index (Phi) is 3.54. The third kappa shape index (κ3) is 2.88. The lowest BCUT2D eigenvalue weighted by atomic mass is 10.4. The topological polar surface area (TPSA) is 31.4 Å². The van der Waals surface area contributed by atoms with E-state index in [1.165, 1.54) is 0 Å². The van der Waals surface area contributed by atoms with Crippen molar-refractivity contribution in [3.8, 4) is 11.6 Å². The predicted molar refractivity (Wildman–Crippen MR) is 54.3 cm³/mol. The molecule has 0 saturated heterocycles. The number of rotatable bonds is 3. The van der Waals surface area contributed by atoms with Crippen LogP contribution in [-0.4, -0.2) is 18.2 Å². The minimum absolute atomic E-state index is 0.122. The molecule has 0 saturated carbocycles. The molecule has 4 heteroatoms. The first-order valence-electron chi connectivity index (χ1n) is 4.00. The average molecular weight is 246 g/mol. The van der Waals surface area contributed by atoms with Gasteiger partial charge in [-0.1, -0.05) is 0 Å². The Bertz CT molecular complexity index is 289. The summed E-state index contributed by atoms with van der Waals surface area (Å²) in [5, 5.41) is 0. The number of hydrogen-bond donors (Lipinski definition) is 0. The van der Waals surface area contributed by atoms with Gasteiger partial charge in [0.1, 0.15) is 4.60 Å². The molecule has 0 N–H and O–H groups in total. The molecular formula is C9H12BrNO2. The highest BCUT2D eigenvalue weighted by Crippen LogP contribution is 2.27. The third-order valence-corrected chi connectivity index (χ3v) is 1.79. The quantitative estimate of drug-likeness (QED) is 0.768. The monoisotopic (exact) mass is 245 g/mol. The van der Waals surface area contributed by atoms with Crippen LogP contribution in [0, 0.1) is 0 Å². The Hall–Kier alpha value is -0.770. The van der Waals surface area contributed by atoms with E-state index in [4.69, 9.17) is 9.47 Å². The third-order valence-electron chi connectivity index (χ3n) is 1.35. The summed E-state index contributed by atoms with van der Waals surface area (Å²) in [6, 6.07) is 3.65. The molecule has 0 unspecified atom stereocenters. The fourth-order valence-electron chi connectivity index (χ4n) is 0.895. The maximum Gasteiger partial charge on any atom is 0.257 e. The van der Waals surface area contributed by atoms with Crippen LogP contribution in [-0.2, 0) is 0 Å². The van der Waals surface area contributed by atoms with Gasteiger partial charge < -0.3 is 9.47 Å². The van der Waals surface area contributed by atoms with Crippen LogP contribution in [0.1, 0.15) is 13.8 Å². The minimum atomic E-state index is 0.122. The molecule has 0 radical (unpaired) electrons. The van der Waals surface area contributed by atoms with E-state index < -0.39 is 0 Å². The van der Waals surface area contributed by atoms with Crippen LogP contribution in [0.3, 0.4) is 0 Å². The molecule has 3 nitrogen and oxygen atoms in total. The number of hydrogen-bond acceptors (Lipinski definition) is 3. The first-order chi connectivity index (χ1) is 6.13. The second-order valence-corrected chi connectivity index (χ2v) is 3.62. The standard InChI is InChI=1S/C9H12BrNO2/c1-6(2)13-7-4-5-8(10)11-9(7)12-3/h4-6H,1-3H3. The van der Waals surface area contributed by atoms with Gasteiger partial charge in [-0.3, -0.25) is 0 Å². The number of nitrogens with zero attached hydrogens (tertiary/aromatic N) is 1. The van der Waals surface area contributed by atoms with Gasteiger partial charge in [-0.15, -0.1) is 0 Å². The summed E-state index contributed by atoms with van der Waals surface area (Å²) < 4.78 is 11.3. The van der Waals surface area contributed by atoms with E-state index in [0.717, 1.165) is 4.60 Å². The average Bonchev–Trinajstić information content (AvgIpc) is 2.07. The molecule has 0 spiro atoms. The van der Waals surface area contributed by atoms with Crippen LogP contribution in [0.4, 0.5) is 0 Å². The van der Waals surface area contributed by atoms with Gasteiger partial charge in [0.15, 0.2) is 5.75 Å². The molecule has 0 bridgehead atoms. The van der Waals surface area contributed by atoms with E-state index in [1.54, 1.807) is 7.11 Å². The van der Waals surface area contributed by atoms with Crippen LogP contribution < -0.4 is 9.47 Å². The Balaban J connectivity index is 2.92. The van der Waals surface area contributed by atoms with Crippen molar-refractivity contribution in [2.75, 3.05) is 7.11 Å². The Morgan fingerprint density at radius 3 is 2.62 bits per heavy atom. The summed E-state index contributed by atoms with van der Waals surface area (Å²) in [6.45, 7) is 3.92. The van der Waals surface area contributed by atoms with Crippen molar-refractivity contribution < 1.29 is 9.47 Å². The van der Waals surface area contributed by atoms with Crippen molar-refractivity contribution >= 4 is 15.9 Å². The molecule has 13 heavy (non-hydrogen) atoms. The minimum Gasteiger partial charge on any atom is -0.485 e. The normalized spacial score (nSPS) is 10.2. The highest BCUT2D eigenvalue weighted by Gasteiger charge is 2.07. The fraction of sp³-hybridized carbons (Fsp3) is 0.444. The zero-order valence-electron chi connectivity index (χ0n) is 7.87. The molecule has 0 aliphatic rings. The largest absolute Gasteiger partial charge is 0.485 e. The molecule has 1 aromatic heterocycles. The van der Waals surface area contributed by atoms with Crippen molar-refractivity contribution in [1.29, 1.82) is 0 Å². The molecule has 0 aliphatic carbocycles. The lowest BCUT2D eigenvalue weighted by molar-refractivity contribution is 0.227. The van der Waals surface area contributed by atoms with E-state index in [0.29, 0.717) is 11.6 Å². The smallest absolute Gasteiger partial charge is 0.257 e. The van der Waals surface area contributed by atoms with Crippen molar-refractivity contribution in [3.05, 3.63) is 16.7 Å². The second kappa shape index (κ2) is 4.46. The van der Waals surface area contributed by atoms with Gasteiger partial charge >= 0.3 is 0 Å². The highest BCUT2D eigenvalue weighted by atomic mass is 79.9. The van der Waals surface area contributed by atoms with Gasteiger partial charge in [0, 0.05) is 0 Å². The highest BCUT2D eigenvalue weighted by molar-refractivity contribution is 9.10. The summed E-state index contributed by atoms with van der Waals surface area (Å²) in [4.78, 5) is 4.11. The second-order valence-electron chi connectivity index (χ2n) is 2.81. The number of pyridine rings is 1. The van der Waals surface area contributed by atoms with Crippen LogP contribution in [0.25, 0.3) is 0 Å². The molecule has 1 heterocycles. The van der Waals surface area contributed by atoms with Crippen molar-refractivity contribution in [1.82, 2.24) is 4.98 Å².